The Morgan fingerprint density at radius 1 is 1.17 bits per heavy atom. The maximum atomic E-state index is 12.6. The summed E-state index contributed by atoms with van der Waals surface area (Å²) in [5.74, 6) is 0.229. The number of amides is 1. The number of anilines is 2. The highest BCUT2D eigenvalue weighted by Crippen LogP contribution is 2.38. The zero-order valence-corrected chi connectivity index (χ0v) is 11.3. The molecule has 98 valence electrons. The Balaban J connectivity index is 2.15. The molecule has 1 aromatic carbocycles. The second-order valence-electron chi connectivity index (χ2n) is 5.58. The normalized spacial score (nSPS) is 18.3. The summed E-state index contributed by atoms with van der Waals surface area (Å²) in [4.78, 5) is 14.4. The van der Waals surface area contributed by atoms with Gasteiger partial charge < -0.3 is 10.6 Å². The van der Waals surface area contributed by atoms with Crippen LogP contribution in [0, 0.1) is 5.41 Å². The maximum Gasteiger partial charge on any atom is 0.232 e. The van der Waals surface area contributed by atoms with Gasteiger partial charge in [-0.05, 0) is 37.1 Å². The zero-order valence-electron chi connectivity index (χ0n) is 11.3. The highest BCUT2D eigenvalue weighted by molar-refractivity contribution is 5.97. The summed E-state index contributed by atoms with van der Waals surface area (Å²) in [5, 5.41) is 0. The Bertz CT molecular complexity index is 419. The van der Waals surface area contributed by atoms with Crippen LogP contribution in [0.1, 0.15) is 39.0 Å². The van der Waals surface area contributed by atoms with E-state index in [1.54, 1.807) is 4.90 Å². The van der Waals surface area contributed by atoms with Crippen molar-refractivity contribution >= 4 is 17.3 Å². The van der Waals surface area contributed by atoms with E-state index < -0.39 is 0 Å². The smallest absolute Gasteiger partial charge is 0.232 e. The standard InChI is InChI=1S/C15H22N2O/c1-15(10-4-3-5-11-15)14(18)17(2)13-8-6-12(16)7-9-13/h6-9H,3-5,10-11,16H2,1-2H3. The number of carbonyl (C=O) groups is 1. The summed E-state index contributed by atoms with van der Waals surface area (Å²) < 4.78 is 0. The molecule has 1 fully saturated rings. The van der Waals surface area contributed by atoms with Crippen molar-refractivity contribution in [2.24, 2.45) is 5.41 Å². The summed E-state index contributed by atoms with van der Waals surface area (Å²) in [5.41, 5.74) is 7.13. The van der Waals surface area contributed by atoms with E-state index in [1.165, 1.54) is 6.42 Å². The minimum absolute atomic E-state index is 0.186. The largest absolute Gasteiger partial charge is 0.399 e. The summed E-state index contributed by atoms with van der Waals surface area (Å²) in [6, 6.07) is 7.48. The van der Waals surface area contributed by atoms with E-state index in [4.69, 9.17) is 5.73 Å². The number of nitrogen functional groups attached to an aromatic ring is 1. The molecule has 0 saturated heterocycles. The van der Waals surface area contributed by atoms with Crippen LogP contribution in [-0.4, -0.2) is 13.0 Å². The molecule has 1 aliphatic carbocycles. The third-order valence-corrected chi connectivity index (χ3v) is 4.06. The number of carbonyl (C=O) groups excluding carboxylic acids is 1. The molecule has 1 aromatic rings. The van der Waals surface area contributed by atoms with Gasteiger partial charge in [0.05, 0.1) is 0 Å². The Labute approximate surface area is 109 Å². The van der Waals surface area contributed by atoms with Gasteiger partial charge in [-0.15, -0.1) is 0 Å². The second-order valence-corrected chi connectivity index (χ2v) is 5.58. The Morgan fingerprint density at radius 3 is 2.28 bits per heavy atom. The molecule has 0 aliphatic heterocycles. The lowest BCUT2D eigenvalue weighted by Gasteiger charge is -2.35. The third kappa shape index (κ3) is 2.50. The lowest BCUT2D eigenvalue weighted by molar-refractivity contribution is -0.128. The van der Waals surface area contributed by atoms with Crippen LogP contribution in [0.5, 0.6) is 0 Å². The SMILES string of the molecule is CN(C(=O)C1(C)CCCCC1)c1ccc(N)cc1. The molecular formula is C15H22N2O. The molecule has 3 heteroatoms. The molecule has 3 nitrogen and oxygen atoms in total. The molecule has 0 radical (unpaired) electrons. The molecule has 0 spiro atoms. The van der Waals surface area contributed by atoms with Crippen LogP contribution >= 0.6 is 0 Å². The minimum Gasteiger partial charge on any atom is -0.399 e. The van der Waals surface area contributed by atoms with Gasteiger partial charge in [0.15, 0.2) is 0 Å². The first kappa shape index (κ1) is 12.9. The average molecular weight is 246 g/mol. The van der Waals surface area contributed by atoms with Crippen LogP contribution < -0.4 is 10.6 Å². The van der Waals surface area contributed by atoms with E-state index in [0.717, 1.165) is 37.1 Å². The molecule has 0 bridgehead atoms. The van der Waals surface area contributed by atoms with Crippen LogP contribution in [-0.2, 0) is 4.79 Å². The van der Waals surface area contributed by atoms with Crippen molar-refractivity contribution < 1.29 is 4.79 Å². The van der Waals surface area contributed by atoms with Crippen molar-refractivity contribution in [1.29, 1.82) is 0 Å². The van der Waals surface area contributed by atoms with Gasteiger partial charge in [0.25, 0.3) is 0 Å². The van der Waals surface area contributed by atoms with Crippen LogP contribution in [0.2, 0.25) is 0 Å². The van der Waals surface area contributed by atoms with Gasteiger partial charge in [-0.2, -0.15) is 0 Å². The van der Waals surface area contributed by atoms with Crippen molar-refractivity contribution in [3.05, 3.63) is 24.3 Å². The first-order valence-corrected chi connectivity index (χ1v) is 6.67. The van der Waals surface area contributed by atoms with Crippen LogP contribution in [0.3, 0.4) is 0 Å². The molecule has 1 saturated carbocycles. The number of benzene rings is 1. The lowest BCUT2D eigenvalue weighted by Crippen LogP contribution is -2.41. The molecule has 2 rings (SSSR count). The molecule has 0 aromatic heterocycles. The lowest BCUT2D eigenvalue weighted by atomic mass is 9.74. The molecular weight excluding hydrogens is 224 g/mol. The molecule has 18 heavy (non-hydrogen) atoms. The highest BCUT2D eigenvalue weighted by atomic mass is 16.2. The number of hydrogen-bond donors (Lipinski definition) is 1. The predicted molar refractivity (Wildman–Crippen MR) is 75.5 cm³/mol. The van der Waals surface area contributed by atoms with Gasteiger partial charge in [-0.3, -0.25) is 4.79 Å². The predicted octanol–water partition coefficient (Wildman–Crippen LogP) is 3.20. The highest BCUT2D eigenvalue weighted by Gasteiger charge is 2.36. The van der Waals surface area contributed by atoms with Crippen molar-refractivity contribution in [2.75, 3.05) is 17.7 Å². The van der Waals surface area contributed by atoms with Crippen molar-refractivity contribution in [1.82, 2.24) is 0 Å². The number of rotatable bonds is 2. The Kier molecular flexibility index (Phi) is 3.60. The number of nitrogens with two attached hydrogens (primary N) is 1. The fourth-order valence-corrected chi connectivity index (χ4v) is 2.77. The summed E-state index contributed by atoms with van der Waals surface area (Å²) in [6.45, 7) is 2.10. The zero-order chi connectivity index (χ0) is 13.2. The van der Waals surface area contributed by atoms with E-state index in [2.05, 4.69) is 6.92 Å². The summed E-state index contributed by atoms with van der Waals surface area (Å²) in [6.07, 6.45) is 5.60. The monoisotopic (exact) mass is 246 g/mol. The van der Waals surface area contributed by atoms with E-state index >= 15 is 0 Å². The van der Waals surface area contributed by atoms with Gasteiger partial charge in [0, 0.05) is 23.8 Å². The topological polar surface area (TPSA) is 46.3 Å². The van der Waals surface area contributed by atoms with Crippen molar-refractivity contribution in [3.63, 3.8) is 0 Å². The molecule has 1 amide bonds. The van der Waals surface area contributed by atoms with Gasteiger partial charge in [-0.25, -0.2) is 0 Å². The van der Waals surface area contributed by atoms with Crippen LogP contribution in [0.15, 0.2) is 24.3 Å². The molecule has 0 unspecified atom stereocenters. The molecule has 1 aliphatic rings. The van der Waals surface area contributed by atoms with Crippen molar-refractivity contribution in [3.8, 4) is 0 Å². The third-order valence-electron chi connectivity index (χ3n) is 4.06. The van der Waals surface area contributed by atoms with Gasteiger partial charge in [0.1, 0.15) is 0 Å². The molecule has 2 N–H and O–H groups in total. The van der Waals surface area contributed by atoms with Gasteiger partial charge >= 0.3 is 0 Å². The van der Waals surface area contributed by atoms with Crippen LogP contribution in [0.4, 0.5) is 11.4 Å². The van der Waals surface area contributed by atoms with E-state index in [-0.39, 0.29) is 11.3 Å². The van der Waals surface area contributed by atoms with Gasteiger partial charge in [-0.1, -0.05) is 26.2 Å². The first-order chi connectivity index (χ1) is 8.53. The molecule has 0 atom stereocenters. The number of nitrogens with zero attached hydrogens (tertiary/aromatic N) is 1. The fourth-order valence-electron chi connectivity index (χ4n) is 2.77. The molecule has 0 heterocycles. The first-order valence-electron chi connectivity index (χ1n) is 6.67. The number of hydrogen-bond acceptors (Lipinski definition) is 2. The Morgan fingerprint density at radius 2 is 1.72 bits per heavy atom. The van der Waals surface area contributed by atoms with Crippen molar-refractivity contribution in [2.45, 2.75) is 39.0 Å². The van der Waals surface area contributed by atoms with E-state index in [0.29, 0.717) is 0 Å². The quantitative estimate of drug-likeness (QED) is 0.814. The minimum atomic E-state index is -0.186. The second kappa shape index (κ2) is 5.01. The van der Waals surface area contributed by atoms with Gasteiger partial charge in [0.2, 0.25) is 5.91 Å². The fraction of sp³-hybridized carbons (Fsp3) is 0.533. The summed E-state index contributed by atoms with van der Waals surface area (Å²) in [7, 11) is 1.85. The maximum absolute atomic E-state index is 12.6. The van der Waals surface area contributed by atoms with E-state index in [9.17, 15) is 4.79 Å². The summed E-state index contributed by atoms with van der Waals surface area (Å²) >= 11 is 0. The van der Waals surface area contributed by atoms with Crippen LogP contribution in [0.25, 0.3) is 0 Å². The van der Waals surface area contributed by atoms with E-state index in [1.807, 2.05) is 31.3 Å². The average Bonchev–Trinajstić information content (AvgIpc) is 2.39. The Hall–Kier alpha value is -1.51.